The summed E-state index contributed by atoms with van der Waals surface area (Å²) in [6.07, 6.45) is 1.08. The van der Waals surface area contributed by atoms with Gasteiger partial charge in [-0.15, -0.1) is 0 Å². The molecule has 0 saturated heterocycles. The highest BCUT2D eigenvalue weighted by atomic mass is 35.5. The predicted molar refractivity (Wildman–Crippen MR) is 114 cm³/mol. The lowest BCUT2D eigenvalue weighted by molar-refractivity contribution is -0.146. The summed E-state index contributed by atoms with van der Waals surface area (Å²) >= 11 is 6.14. The first-order valence-corrected chi connectivity index (χ1v) is 9.93. The van der Waals surface area contributed by atoms with E-state index in [4.69, 9.17) is 11.6 Å². The van der Waals surface area contributed by atoms with Gasteiger partial charge in [0.15, 0.2) is 0 Å². The van der Waals surface area contributed by atoms with Crippen molar-refractivity contribution in [1.29, 1.82) is 0 Å². The normalized spacial score (nSPS) is 17.9. The monoisotopic (exact) mass is 415 g/mol. The van der Waals surface area contributed by atoms with E-state index in [0.717, 1.165) is 16.7 Å². The van der Waals surface area contributed by atoms with Crippen LogP contribution < -0.4 is 5.32 Å². The molecule has 0 aliphatic carbocycles. The molecule has 0 bridgehead atoms. The molecular formula is C23H26ClNO4. The lowest BCUT2D eigenvalue weighted by atomic mass is 9.72. The average Bonchev–Trinajstić information content (AvgIpc) is 2.59. The molecule has 0 spiro atoms. The number of hydrogen-bond acceptors (Lipinski definition) is 3. The van der Waals surface area contributed by atoms with Gasteiger partial charge in [-0.05, 0) is 60.9 Å². The number of carbonyl (C=O) groups is 2. The summed E-state index contributed by atoms with van der Waals surface area (Å²) in [5, 5.41) is 22.9. The minimum absolute atomic E-state index is 0.123. The van der Waals surface area contributed by atoms with Crippen LogP contribution in [0, 0.1) is 10.8 Å². The van der Waals surface area contributed by atoms with Crippen LogP contribution in [0.15, 0.2) is 36.4 Å². The molecule has 0 aromatic heterocycles. The number of carboxylic acid groups (broad SMARTS) is 2. The summed E-state index contributed by atoms with van der Waals surface area (Å²) in [7, 11) is 0. The lowest BCUT2D eigenvalue weighted by Gasteiger charge is -2.42. The minimum atomic E-state index is -1.02. The Balaban J connectivity index is 2.01. The van der Waals surface area contributed by atoms with Gasteiger partial charge < -0.3 is 15.5 Å². The van der Waals surface area contributed by atoms with Gasteiger partial charge in [-0.3, -0.25) is 4.79 Å². The molecule has 2 aromatic rings. The van der Waals surface area contributed by atoms with Crippen molar-refractivity contribution in [3.8, 4) is 0 Å². The first kappa shape index (κ1) is 21.2. The first-order chi connectivity index (χ1) is 13.4. The molecule has 1 atom stereocenters. The highest BCUT2D eigenvalue weighted by Crippen LogP contribution is 2.47. The molecule has 154 valence electrons. The van der Waals surface area contributed by atoms with Gasteiger partial charge in [-0.25, -0.2) is 4.79 Å². The second-order valence-electron chi connectivity index (χ2n) is 9.15. The fraction of sp³-hybridized carbons (Fsp3) is 0.391. The van der Waals surface area contributed by atoms with Gasteiger partial charge in [0.25, 0.3) is 0 Å². The van der Waals surface area contributed by atoms with Crippen LogP contribution in [0.1, 0.15) is 60.8 Å². The predicted octanol–water partition coefficient (Wildman–Crippen LogP) is 5.43. The third-order valence-electron chi connectivity index (χ3n) is 5.64. The number of rotatable bonds is 5. The minimum Gasteiger partial charge on any atom is -0.481 e. The number of anilines is 1. The number of carboxylic acids is 2. The second-order valence-corrected chi connectivity index (χ2v) is 9.58. The first-order valence-electron chi connectivity index (χ1n) is 9.55. The quantitative estimate of drug-likeness (QED) is 0.606. The van der Waals surface area contributed by atoms with Crippen molar-refractivity contribution in [2.75, 3.05) is 5.32 Å². The molecule has 3 rings (SSSR count). The molecule has 1 unspecified atom stereocenters. The van der Waals surface area contributed by atoms with E-state index in [-0.39, 0.29) is 17.0 Å². The number of nitrogens with one attached hydrogen (secondary N) is 1. The number of hydrogen-bond donors (Lipinski definition) is 3. The van der Waals surface area contributed by atoms with Gasteiger partial charge in [-0.2, -0.15) is 0 Å². The van der Waals surface area contributed by atoms with Gasteiger partial charge in [0.2, 0.25) is 0 Å². The Labute approximate surface area is 175 Å². The summed E-state index contributed by atoms with van der Waals surface area (Å²) in [4.78, 5) is 23.3. The van der Waals surface area contributed by atoms with E-state index in [1.54, 1.807) is 13.8 Å². The summed E-state index contributed by atoms with van der Waals surface area (Å²) in [6, 6.07) is 11.0. The zero-order valence-electron chi connectivity index (χ0n) is 17.0. The van der Waals surface area contributed by atoms with Gasteiger partial charge in [0.1, 0.15) is 0 Å². The Kier molecular flexibility index (Phi) is 5.39. The summed E-state index contributed by atoms with van der Waals surface area (Å²) in [5.74, 6) is -1.86. The third-order valence-corrected chi connectivity index (χ3v) is 5.86. The van der Waals surface area contributed by atoms with E-state index >= 15 is 0 Å². The van der Waals surface area contributed by atoms with E-state index in [1.807, 2.05) is 30.3 Å². The molecule has 29 heavy (non-hydrogen) atoms. The molecular weight excluding hydrogens is 390 g/mol. The van der Waals surface area contributed by atoms with E-state index < -0.39 is 17.4 Å². The average molecular weight is 416 g/mol. The highest BCUT2D eigenvalue weighted by molar-refractivity contribution is 6.31. The van der Waals surface area contributed by atoms with Crippen LogP contribution in [0.3, 0.4) is 0 Å². The van der Waals surface area contributed by atoms with Crippen molar-refractivity contribution in [3.63, 3.8) is 0 Å². The standard InChI is InChI=1S/C23H26ClNO4/c1-22(2)12-15-9-16(24)10-17(20(26)27)18(15)25-19(22)14-7-5-6-13(8-14)11-23(3,4)21(28)29/h5-10,19,25H,11-12H2,1-4H3,(H,26,27)(H,28,29). The zero-order valence-corrected chi connectivity index (χ0v) is 17.8. The molecule has 1 aliphatic rings. The number of halogens is 1. The van der Waals surface area contributed by atoms with Gasteiger partial charge in [0, 0.05) is 5.02 Å². The maximum Gasteiger partial charge on any atom is 0.337 e. The maximum atomic E-state index is 11.8. The molecule has 0 fully saturated rings. The molecule has 3 N–H and O–H groups in total. The van der Waals surface area contributed by atoms with Crippen molar-refractivity contribution in [2.24, 2.45) is 10.8 Å². The SMILES string of the molecule is CC(C)(Cc1cccc(C2Nc3c(cc(Cl)cc3C(=O)O)CC2(C)C)c1)C(=O)O. The Hall–Kier alpha value is -2.53. The van der Waals surface area contributed by atoms with E-state index in [1.165, 1.54) is 6.07 Å². The van der Waals surface area contributed by atoms with Crippen molar-refractivity contribution in [3.05, 3.63) is 63.7 Å². The van der Waals surface area contributed by atoms with Crippen LogP contribution in [0.25, 0.3) is 0 Å². The van der Waals surface area contributed by atoms with Crippen molar-refractivity contribution in [2.45, 2.75) is 46.6 Å². The molecule has 0 radical (unpaired) electrons. The van der Waals surface area contributed by atoms with Crippen LogP contribution >= 0.6 is 11.6 Å². The molecule has 6 heteroatoms. The Morgan fingerprint density at radius 2 is 1.90 bits per heavy atom. The van der Waals surface area contributed by atoms with Crippen molar-refractivity contribution < 1.29 is 19.8 Å². The van der Waals surface area contributed by atoms with Crippen LogP contribution in [0.5, 0.6) is 0 Å². The van der Waals surface area contributed by atoms with Crippen molar-refractivity contribution >= 4 is 29.2 Å². The highest BCUT2D eigenvalue weighted by Gasteiger charge is 2.38. The molecule has 2 aromatic carbocycles. The molecule has 1 aliphatic heterocycles. The lowest BCUT2D eigenvalue weighted by Crippen LogP contribution is -2.36. The molecule has 0 saturated carbocycles. The second kappa shape index (κ2) is 7.38. The van der Waals surface area contributed by atoms with Crippen molar-refractivity contribution in [1.82, 2.24) is 0 Å². The smallest absolute Gasteiger partial charge is 0.337 e. The van der Waals surface area contributed by atoms with Crippen LogP contribution in [-0.2, 0) is 17.6 Å². The summed E-state index contributed by atoms with van der Waals surface area (Å²) in [5.41, 5.74) is 2.53. The number of fused-ring (bicyclic) bond motifs is 1. The maximum absolute atomic E-state index is 11.8. The summed E-state index contributed by atoms with van der Waals surface area (Å²) < 4.78 is 0. The zero-order chi connectivity index (χ0) is 21.6. The number of benzene rings is 2. The largest absolute Gasteiger partial charge is 0.481 e. The fourth-order valence-electron chi connectivity index (χ4n) is 4.08. The van der Waals surface area contributed by atoms with Crippen LogP contribution in [0.4, 0.5) is 5.69 Å². The molecule has 1 heterocycles. The van der Waals surface area contributed by atoms with Gasteiger partial charge in [0.05, 0.1) is 22.7 Å². The fourth-order valence-corrected chi connectivity index (χ4v) is 4.32. The van der Waals surface area contributed by atoms with Crippen LogP contribution in [-0.4, -0.2) is 22.2 Å². The number of aliphatic carboxylic acids is 1. The summed E-state index contributed by atoms with van der Waals surface area (Å²) in [6.45, 7) is 7.68. The molecule has 5 nitrogen and oxygen atoms in total. The van der Waals surface area contributed by atoms with E-state index in [0.29, 0.717) is 23.6 Å². The number of aromatic carboxylic acids is 1. The Bertz CT molecular complexity index is 981. The molecule has 0 amide bonds. The van der Waals surface area contributed by atoms with Crippen LogP contribution in [0.2, 0.25) is 5.02 Å². The third kappa shape index (κ3) is 4.25. The topological polar surface area (TPSA) is 86.6 Å². The Morgan fingerprint density at radius 3 is 2.52 bits per heavy atom. The van der Waals surface area contributed by atoms with E-state index in [9.17, 15) is 19.8 Å². The van der Waals surface area contributed by atoms with E-state index in [2.05, 4.69) is 19.2 Å². The Morgan fingerprint density at radius 1 is 1.21 bits per heavy atom. The van der Waals surface area contributed by atoms with Gasteiger partial charge in [-0.1, -0.05) is 49.7 Å². The van der Waals surface area contributed by atoms with Gasteiger partial charge >= 0.3 is 11.9 Å².